The second-order valence-electron chi connectivity index (χ2n) is 8.20. The second-order valence-corrected chi connectivity index (χ2v) is 8.64. The summed E-state index contributed by atoms with van der Waals surface area (Å²) in [6.07, 6.45) is 1.59. The highest BCUT2D eigenvalue weighted by Gasteiger charge is 2.14. The molecule has 0 unspecified atom stereocenters. The maximum atomic E-state index is 13.1. The average molecular weight is 500 g/mol. The third-order valence-electron chi connectivity index (χ3n) is 5.65. The SMILES string of the molecule is Cc1cc(/C=C(/C#N)C(=O)Nc2ccc(Cl)cc2)c(C)n1-c1ccc(OCc2ccc(F)cc2)cc1. The van der Waals surface area contributed by atoms with E-state index in [4.69, 9.17) is 16.3 Å². The van der Waals surface area contributed by atoms with Gasteiger partial charge in [-0.1, -0.05) is 23.7 Å². The minimum Gasteiger partial charge on any atom is -0.489 e. The molecule has 4 aromatic rings. The van der Waals surface area contributed by atoms with Crippen molar-refractivity contribution in [3.8, 4) is 17.5 Å². The minimum atomic E-state index is -0.493. The van der Waals surface area contributed by atoms with Gasteiger partial charge in [0.05, 0.1) is 0 Å². The number of hydrogen-bond donors (Lipinski definition) is 1. The number of carbonyl (C=O) groups is 1. The zero-order valence-electron chi connectivity index (χ0n) is 19.8. The van der Waals surface area contributed by atoms with Crippen molar-refractivity contribution in [3.05, 3.63) is 118 Å². The summed E-state index contributed by atoms with van der Waals surface area (Å²) in [5.74, 6) is -0.0811. The third-order valence-corrected chi connectivity index (χ3v) is 5.90. The van der Waals surface area contributed by atoms with Crippen molar-refractivity contribution in [2.45, 2.75) is 20.5 Å². The van der Waals surface area contributed by atoms with Crippen LogP contribution in [0.4, 0.5) is 10.1 Å². The number of aromatic nitrogens is 1. The zero-order valence-corrected chi connectivity index (χ0v) is 20.5. The first-order valence-electron chi connectivity index (χ1n) is 11.2. The Morgan fingerprint density at radius 3 is 2.36 bits per heavy atom. The molecule has 4 rings (SSSR count). The Hall–Kier alpha value is -4.34. The van der Waals surface area contributed by atoms with E-state index in [1.807, 2.05) is 54.8 Å². The predicted molar refractivity (Wildman–Crippen MR) is 140 cm³/mol. The number of anilines is 1. The van der Waals surface area contributed by atoms with E-state index in [1.165, 1.54) is 12.1 Å². The molecule has 0 radical (unpaired) electrons. The molecule has 0 saturated carbocycles. The summed E-state index contributed by atoms with van der Waals surface area (Å²) in [6, 6.07) is 24.4. The molecular formula is C29H23ClFN3O2. The van der Waals surface area contributed by atoms with E-state index in [0.717, 1.165) is 28.2 Å². The van der Waals surface area contributed by atoms with Crippen molar-refractivity contribution >= 4 is 29.3 Å². The van der Waals surface area contributed by atoms with E-state index in [-0.39, 0.29) is 11.4 Å². The van der Waals surface area contributed by atoms with E-state index in [2.05, 4.69) is 5.32 Å². The number of nitriles is 1. The lowest BCUT2D eigenvalue weighted by molar-refractivity contribution is -0.112. The Labute approximate surface area is 214 Å². The number of hydrogen-bond acceptors (Lipinski definition) is 3. The third kappa shape index (κ3) is 5.83. The Morgan fingerprint density at radius 2 is 1.72 bits per heavy atom. The molecule has 1 heterocycles. The maximum absolute atomic E-state index is 13.1. The van der Waals surface area contributed by atoms with Gasteiger partial charge in [0.25, 0.3) is 5.91 Å². The second kappa shape index (κ2) is 10.9. The molecule has 0 atom stereocenters. The first-order chi connectivity index (χ1) is 17.3. The van der Waals surface area contributed by atoms with Crippen molar-refractivity contribution in [2.24, 2.45) is 0 Å². The molecule has 0 aliphatic carbocycles. The van der Waals surface area contributed by atoms with Crippen LogP contribution in [0.1, 0.15) is 22.5 Å². The van der Waals surface area contributed by atoms with Crippen LogP contribution in [0.15, 0.2) is 84.4 Å². The first-order valence-corrected chi connectivity index (χ1v) is 11.6. The average Bonchev–Trinajstić information content (AvgIpc) is 3.16. The summed E-state index contributed by atoms with van der Waals surface area (Å²) in [6.45, 7) is 4.23. The van der Waals surface area contributed by atoms with Gasteiger partial charge in [-0.3, -0.25) is 4.79 Å². The highest BCUT2D eigenvalue weighted by molar-refractivity contribution is 6.30. The van der Waals surface area contributed by atoms with Gasteiger partial charge in [0, 0.05) is 27.8 Å². The Morgan fingerprint density at radius 1 is 1.06 bits per heavy atom. The van der Waals surface area contributed by atoms with E-state index in [0.29, 0.717) is 23.1 Å². The number of rotatable bonds is 7. The molecule has 0 aliphatic heterocycles. The monoisotopic (exact) mass is 499 g/mol. The van der Waals surface area contributed by atoms with Gasteiger partial charge in [-0.25, -0.2) is 4.39 Å². The number of aryl methyl sites for hydroxylation is 1. The molecule has 1 aromatic heterocycles. The summed E-state index contributed by atoms with van der Waals surface area (Å²) in [5, 5.41) is 12.9. The van der Waals surface area contributed by atoms with Crippen LogP contribution in [0.2, 0.25) is 5.02 Å². The molecule has 0 fully saturated rings. The minimum absolute atomic E-state index is 0.00487. The van der Waals surface area contributed by atoms with Gasteiger partial charge in [0.2, 0.25) is 0 Å². The first kappa shape index (κ1) is 24.8. The van der Waals surface area contributed by atoms with Crippen LogP contribution in [0.25, 0.3) is 11.8 Å². The Balaban J connectivity index is 1.50. The summed E-state index contributed by atoms with van der Waals surface area (Å²) in [7, 11) is 0. The van der Waals surface area contributed by atoms with Crippen LogP contribution in [0.3, 0.4) is 0 Å². The highest BCUT2D eigenvalue weighted by Crippen LogP contribution is 2.25. The van der Waals surface area contributed by atoms with Crippen LogP contribution < -0.4 is 10.1 Å². The van der Waals surface area contributed by atoms with Gasteiger partial charge in [0.15, 0.2) is 0 Å². The summed E-state index contributed by atoms with van der Waals surface area (Å²) >= 11 is 5.89. The Bertz CT molecular complexity index is 1450. The summed E-state index contributed by atoms with van der Waals surface area (Å²) < 4.78 is 20.9. The van der Waals surface area contributed by atoms with Crippen LogP contribution in [0, 0.1) is 31.0 Å². The molecule has 0 aliphatic rings. The number of amides is 1. The molecule has 1 N–H and O–H groups in total. The molecule has 0 bridgehead atoms. The fraction of sp³-hybridized carbons (Fsp3) is 0.103. The Kier molecular flexibility index (Phi) is 7.53. The van der Waals surface area contributed by atoms with E-state index >= 15 is 0 Å². The molecule has 3 aromatic carbocycles. The lowest BCUT2D eigenvalue weighted by Gasteiger charge is -2.12. The van der Waals surface area contributed by atoms with Gasteiger partial charge in [-0.2, -0.15) is 5.26 Å². The normalized spacial score (nSPS) is 11.1. The van der Waals surface area contributed by atoms with Crippen LogP contribution in [0.5, 0.6) is 5.75 Å². The number of benzene rings is 3. The maximum Gasteiger partial charge on any atom is 0.266 e. The van der Waals surface area contributed by atoms with Crippen molar-refractivity contribution in [2.75, 3.05) is 5.32 Å². The predicted octanol–water partition coefficient (Wildman–Crippen LogP) is 7.01. The smallest absolute Gasteiger partial charge is 0.266 e. The van der Waals surface area contributed by atoms with Crippen LogP contribution >= 0.6 is 11.6 Å². The molecule has 1 amide bonds. The molecule has 7 heteroatoms. The zero-order chi connectivity index (χ0) is 25.7. The topological polar surface area (TPSA) is 67.0 Å². The molecule has 180 valence electrons. The molecular weight excluding hydrogens is 477 g/mol. The van der Waals surface area contributed by atoms with Gasteiger partial charge >= 0.3 is 0 Å². The lowest BCUT2D eigenvalue weighted by atomic mass is 10.1. The van der Waals surface area contributed by atoms with Gasteiger partial charge in [-0.05, 0) is 97.8 Å². The number of ether oxygens (including phenoxy) is 1. The van der Waals surface area contributed by atoms with Crippen molar-refractivity contribution in [1.82, 2.24) is 4.57 Å². The van der Waals surface area contributed by atoms with Gasteiger partial charge < -0.3 is 14.6 Å². The summed E-state index contributed by atoms with van der Waals surface area (Å²) in [4.78, 5) is 12.6. The van der Waals surface area contributed by atoms with Crippen molar-refractivity contribution < 1.29 is 13.9 Å². The van der Waals surface area contributed by atoms with E-state index in [9.17, 15) is 14.4 Å². The van der Waals surface area contributed by atoms with Crippen LogP contribution in [-0.2, 0) is 11.4 Å². The van der Waals surface area contributed by atoms with Gasteiger partial charge in [-0.15, -0.1) is 0 Å². The number of nitrogens with zero attached hydrogens (tertiary/aromatic N) is 2. The molecule has 5 nitrogen and oxygen atoms in total. The molecule has 36 heavy (non-hydrogen) atoms. The highest BCUT2D eigenvalue weighted by atomic mass is 35.5. The standard InChI is InChI=1S/C29H23ClFN3O2/c1-19-15-22(16-23(17-32)29(35)33-26-9-5-24(30)6-10-26)20(2)34(19)27-11-13-28(14-12-27)36-18-21-3-7-25(31)8-4-21/h3-16H,18H2,1-2H3,(H,33,35)/b23-16-. The number of nitrogens with one attached hydrogen (secondary N) is 1. The quantitative estimate of drug-likeness (QED) is 0.219. The summed E-state index contributed by atoms with van der Waals surface area (Å²) in [5.41, 5.74) is 4.96. The molecule has 0 saturated heterocycles. The van der Waals surface area contributed by atoms with Crippen molar-refractivity contribution in [3.63, 3.8) is 0 Å². The fourth-order valence-electron chi connectivity index (χ4n) is 3.81. The van der Waals surface area contributed by atoms with E-state index in [1.54, 1.807) is 42.5 Å². The van der Waals surface area contributed by atoms with Gasteiger partial charge in [0.1, 0.15) is 29.8 Å². The van der Waals surface area contributed by atoms with Crippen LogP contribution in [-0.4, -0.2) is 10.5 Å². The van der Waals surface area contributed by atoms with Crippen molar-refractivity contribution in [1.29, 1.82) is 5.26 Å². The largest absolute Gasteiger partial charge is 0.489 e. The number of carbonyl (C=O) groups excluding carboxylic acids is 1. The van der Waals surface area contributed by atoms with E-state index < -0.39 is 5.91 Å². The fourth-order valence-corrected chi connectivity index (χ4v) is 3.93. The molecule has 0 spiro atoms. The number of halogens is 2. The lowest BCUT2D eigenvalue weighted by Crippen LogP contribution is -2.13.